The lowest BCUT2D eigenvalue weighted by atomic mass is 10.2. The van der Waals surface area contributed by atoms with Gasteiger partial charge in [0.05, 0.1) is 16.6 Å². The first-order valence-electron chi connectivity index (χ1n) is 7.92. The molecule has 3 aromatic rings. The van der Waals surface area contributed by atoms with Crippen LogP contribution in [-0.2, 0) is 24.2 Å². The van der Waals surface area contributed by atoms with Gasteiger partial charge in [-0.3, -0.25) is 4.79 Å². The van der Waals surface area contributed by atoms with Gasteiger partial charge in [0.25, 0.3) is 5.91 Å². The summed E-state index contributed by atoms with van der Waals surface area (Å²) < 4.78 is 3.39. The number of thiazole rings is 1. The van der Waals surface area contributed by atoms with Crippen molar-refractivity contribution in [2.45, 2.75) is 26.3 Å². The Morgan fingerprint density at radius 2 is 2.21 bits per heavy atom. The normalized spacial score (nSPS) is 12.2. The van der Waals surface area contributed by atoms with Gasteiger partial charge in [0, 0.05) is 17.2 Å². The van der Waals surface area contributed by atoms with Crippen LogP contribution in [0.4, 0.5) is 0 Å². The summed E-state index contributed by atoms with van der Waals surface area (Å²) in [5.41, 5.74) is 2.49. The lowest BCUT2D eigenvalue weighted by Gasteiger charge is -2.04. The third-order valence-corrected chi connectivity index (χ3v) is 6.31. The summed E-state index contributed by atoms with van der Waals surface area (Å²) in [5.74, 6) is 0.936. The summed E-state index contributed by atoms with van der Waals surface area (Å²) >= 11 is 5.02. The highest BCUT2D eigenvalue weighted by Gasteiger charge is 2.09. The van der Waals surface area contributed by atoms with Gasteiger partial charge in [-0.25, -0.2) is 0 Å². The van der Waals surface area contributed by atoms with E-state index >= 15 is 0 Å². The maximum absolute atomic E-state index is 12.3. The molecule has 126 valence electrons. The van der Waals surface area contributed by atoms with E-state index in [0.717, 1.165) is 28.4 Å². The molecule has 3 nitrogen and oxygen atoms in total. The number of nitrogens with zero attached hydrogens (tertiary/aromatic N) is 2. The van der Waals surface area contributed by atoms with Crippen molar-refractivity contribution in [3.63, 3.8) is 0 Å². The molecule has 2 heterocycles. The van der Waals surface area contributed by atoms with Gasteiger partial charge in [0.15, 0.2) is 4.80 Å². The third kappa shape index (κ3) is 3.99. The fourth-order valence-corrected chi connectivity index (χ4v) is 4.73. The Morgan fingerprint density at radius 1 is 1.33 bits per heavy atom. The molecule has 3 rings (SSSR count). The molecule has 0 atom stereocenters. The minimum Gasteiger partial charge on any atom is -0.316 e. The Hall–Kier alpha value is -1.37. The SMILES string of the molecule is CCc1ccc2c(c1)sc(=NC(=O)Cc1cccs1)n2CCSC. The fourth-order valence-electron chi connectivity index (χ4n) is 2.53. The lowest BCUT2D eigenvalue weighted by Crippen LogP contribution is -2.18. The van der Waals surface area contributed by atoms with Crippen molar-refractivity contribution in [2.75, 3.05) is 12.0 Å². The first-order valence-corrected chi connectivity index (χ1v) is 11.0. The number of benzene rings is 1. The van der Waals surface area contributed by atoms with Crippen LogP contribution >= 0.6 is 34.4 Å². The number of rotatable bonds is 6. The molecule has 24 heavy (non-hydrogen) atoms. The average Bonchev–Trinajstić information content (AvgIpc) is 3.19. The van der Waals surface area contributed by atoms with E-state index in [1.165, 1.54) is 15.8 Å². The Labute approximate surface area is 154 Å². The Balaban J connectivity index is 2.00. The van der Waals surface area contributed by atoms with Crippen molar-refractivity contribution < 1.29 is 4.79 Å². The minimum atomic E-state index is -0.0716. The molecule has 1 aromatic carbocycles. The molecule has 0 saturated carbocycles. The Kier molecular flexibility index (Phi) is 5.92. The Bertz CT molecular complexity index is 891. The summed E-state index contributed by atoms with van der Waals surface area (Å²) in [6.07, 6.45) is 3.50. The van der Waals surface area contributed by atoms with E-state index in [-0.39, 0.29) is 5.91 Å². The van der Waals surface area contributed by atoms with Crippen LogP contribution in [0.1, 0.15) is 17.4 Å². The number of fused-ring (bicyclic) bond motifs is 1. The number of hydrogen-bond donors (Lipinski definition) is 0. The van der Waals surface area contributed by atoms with Gasteiger partial charge in [0.2, 0.25) is 0 Å². The van der Waals surface area contributed by atoms with Crippen LogP contribution in [0.25, 0.3) is 10.2 Å². The van der Waals surface area contributed by atoms with Crippen molar-refractivity contribution in [3.8, 4) is 0 Å². The zero-order chi connectivity index (χ0) is 16.9. The molecule has 0 N–H and O–H groups in total. The first kappa shape index (κ1) is 17.5. The second-order valence-electron chi connectivity index (χ2n) is 5.45. The van der Waals surface area contributed by atoms with Crippen LogP contribution in [-0.4, -0.2) is 22.5 Å². The Morgan fingerprint density at radius 3 is 2.92 bits per heavy atom. The number of aryl methyl sites for hydroxylation is 2. The van der Waals surface area contributed by atoms with E-state index in [4.69, 9.17) is 0 Å². The molecule has 0 saturated heterocycles. The fraction of sp³-hybridized carbons (Fsp3) is 0.333. The third-order valence-electron chi connectivity index (χ3n) is 3.80. The molecule has 0 bridgehead atoms. The van der Waals surface area contributed by atoms with Crippen molar-refractivity contribution in [3.05, 3.63) is 51.0 Å². The number of carbonyl (C=O) groups is 1. The molecule has 6 heteroatoms. The summed E-state index contributed by atoms with van der Waals surface area (Å²) in [4.78, 5) is 18.6. The van der Waals surface area contributed by atoms with E-state index in [2.05, 4.69) is 40.9 Å². The number of thioether (sulfide) groups is 1. The second-order valence-corrected chi connectivity index (χ2v) is 8.47. The topological polar surface area (TPSA) is 34.4 Å². The van der Waals surface area contributed by atoms with Crippen molar-refractivity contribution in [2.24, 2.45) is 4.99 Å². The number of aromatic nitrogens is 1. The predicted molar refractivity (Wildman–Crippen MR) is 106 cm³/mol. The minimum absolute atomic E-state index is 0.0716. The predicted octanol–water partition coefficient (Wildman–Crippen LogP) is 4.36. The number of thiophene rings is 1. The van der Waals surface area contributed by atoms with Crippen molar-refractivity contribution in [1.29, 1.82) is 0 Å². The highest BCUT2D eigenvalue weighted by atomic mass is 32.2. The number of carbonyl (C=O) groups excluding carboxylic acids is 1. The number of hydrogen-bond acceptors (Lipinski definition) is 4. The van der Waals surface area contributed by atoms with Crippen LogP contribution in [0.3, 0.4) is 0 Å². The molecule has 0 aliphatic heterocycles. The first-order chi connectivity index (χ1) is 11.7. The van der Waals surface area contributed by atoms with Gasteiger partial charge in [-0.1, -0.05) is 30.4 Å². The molecule has 0 aliphatic carbocycles. The highest BCUT2D eigenvalue weighted by molar-refractivity contribution is 7.98. The smallest absolute Gasteiger partial charge is 0.253 e. The van der Waals surface area contributed by atoms with Crippen LogP contribution in [0, 0.1) is 0 Å². The molecular weight excluding hydrogens is 356 g/mol. The maximum atomic E-state index is 12.3. The molecular formula is C18H20N2OS3. The molecule has 0 fully saturated rings. The monoisotopic (exact) mass is 376 g/mol. The van der Waals surface area contributed by atoms with E-state index in [0.29, 0.717) is 6.42 Å². The standard InChI is InChI=1S/C18H20N2OS3/c1-3-13-6-7-15-16(11-13)24-18(20(15)8-10-22-2)19-17(21)12-14-5-4-9-23-14/h4-7,9,11H,3,8,10,12H2,1-2H3. The van der Waals surface area contributed by atoms with E-state index in [9.17, 15) is 4.79 Å². The molecule has 0 radical (unpaired) electrons. The van der Waals surface area contributed by atoms with E-state index < -0.39 is 0 Å². The summed E-state index contributed by atoms with van der Waals surface area (Å²) in [6.45, 7) is 3.03. The molecule has 2 aromatic heterocycles. The van der Waals surface area contributed by atoms with Crippen molar-refractivity contribution in [1.82, 2.24) is 4.57 Å². The van der Waals surface area contributed by atoms with Crippen LogP contribution < -0.4 is 4.80 Å². The van der Waals surface area contributed by atoms with Gasteiger partial charge in [-0.05, 0) is 41.8 Å². The van der Waals surface area contributed by atoms with E-state index in [1.807, 2.05) is 17.5 Å². The summed E-state index contributed by atoms with van der Waals surface area (Å²) in [7, 11) is 0. The van der Waals surface area contributed by atoms with Crippen LogP contribution in [0.15, 0.2) is 40.7 Å². The highest BCUT2D eigenvalue weighted by Crippen LogP contribution is 2.20. The zero-order valence-corrected chi connectivity index (χ0v) is 16.3. The number of amides is 1. The van der Waals surface area contributed by atoms with Gasteiger partial charge in [-0.2, -0.15) is 16.8 Å². The maximum Gasteiger partial charge on any atom is 0.253 e. The van der Waals surface area contributed by atoms with Gasteiger partial charge in [0.1, 0.15) is 0 Å². The summed E-state index contributed by atoms with van der Waals surface area (Å²) in [6, 6.07) is 10.5. The van der Waals surface area contributed by atoms with Crippen molar-refractivity contribution >= 4 is 50.6 Å². The largest absolute Gasteiger partial charge is 0.316 e. The zero-order valence-electron chi connectivity index (χ0n) is 13.8. The lowest BCUT2D eigenvalue weighted by molar-refractivity contribution is -0.117. The molecule has 1 amide bonds. The molecule has 0 spiro atoms. The van der Waals surface area contributed by atoms with Crippen LogP contribution in [0.2, 0.25) is 0 Å². The summed E-state index contributed by atoms with van der Waals surface area (Å²) in [5, 5.41) is 1.99. The van der Waals surface area contributed by atoms with Gasteiger partial charge < -0.3 is 4.57 Å². The van der Waals surface area contributed by atoms with Crippen LogP contribution in [0.5, 0.6) is 0 Å². The second kappa shape index (κ2) is 8.14. The molecule has 0 aliphatic rings. The molecule has 0 unspecified atom stereocenters. The van der Waals surface area contributed by atoms with Gasteiger partial charge >= 0.3 is 0 Å². The average molecular weight is 377 g/mol. The van der Waals surface area contributed by atoms with E-state index in [1.54, 1.807) is 34.4 Å². The van der Waals surface area contributed by atoms with Gasteiger partial charge in [-0.15, -0.1) is 11.3 Å². The quantitative estimate of drug-likeness (QED) is 0.641.